The Labute approximate surface area is 83.9 Å². The van der Waals surface area contributed by atoms with Crippen molar-refractivity contribution in [1.82, 2.24) is 4.57 Å². The Hall–Kier alpha value is -0.810. The predicted molar refractivity (Wildman–Crippen MR) is 50.9 cm³/mol. The van der Waals surface area contributed by atoms with Gasteiger partial charge in [0.15, 0.2) is 0 Å². The molecule has 0 atom stereocenters. The average Bonchev–Trinajstić information content (AvgIpc) is 2.33. The fraction of sp³-hybridized carbons (Fsp3) is 0.375. The van der Waals surface area contributed by atoms with Gasteiger partial charge in [0.1, 0.15) is 0 Å². The van der Waals surface area contributed by atoms with Crippen LogP contribution in [-0.2, 0) is 6.54 Å². The van der Waals surface area contributed by atoms with Gasteiger partial charge in [0.2, 0.25) is 0 Å². The average molecular weight is 248 g/mol. The van der Waals surface area contributed by atoms with Crippen LogP contribution in [-0.4, -0.2) is 27.4 Å². The van der Waals surface area contributed by atoms with Crippen LogP contribution in [0.15, 0.2) is 10.8 Å². The topological polar surface area (TPSA) is 62.5 Å². The van der Waals surface area contributed by atoms with Crippen molar-refractivity contribution in [2.75, 3.05) is 6.61 Å². The fourth-order valence-corrected chi connectivity index (χ4v) is 1.62. The highest BCUT2D eigenvalue weighted by molar-refractivity contribution is 9.10. The molecular formula is C8H10BrNO3. The number of nitrogens with zero attached hydrogens (tertiary/aromatic N) is 1. The maximum Gasteiger partial charge on any atom is 0.337 e. The van der Waals surface area contributed by atoms with Crippen molar-refractivity contribution in [2.45, 2.75) is 13.5 Å². The second-order valence-corrected chi connectivity index (χ2v) is 3.43. The van der Waals surface area contributed by atoms with E-state index in [2.05, 4.69) is 15.9 Å². The van der Waals surface area contributed by atoms with E-state index < -0.39 is 5.97 Å². The summed E-state index contributed by atoms with van der Waals surface area (Å²) in [4.78, 5) is 10.7. The Morgan fingerprint density at radius 2 is 2.31 bits per heavy atom. The summed E-state index contributed by atoms with van der Waals surface area (Å²) in [5, 5.41) is 17.5. The third-order valence-corrected chi connectivity index (χ3v) is 2.87. The minimum Gasteiger partial charge on any atom is -0.478 e. The van der Waals surface area contributed by atoms with Gasteiger partial charge in [-0.15, -0.1) is 0 Å². The first-order valence-electron chi connectivity index (χ1n) is 3.77. The third kappa shape index (κ3) is 1.92. The van der Waals surface area contributed by atoms with Crippen LogP contribution < -0.4 is 0 Å². The normalized spacial score (nSPS) is 10.4. The van der Waals surface area contributed by atoms with E-state index in [0.29, 0.717) is 16.7 Å². The molecule has 0 bridgehead atoms. The number of aromatic carboxylic acids is 1. The van der Waals surface area contributed by atoms with Crippen LogP contribution in [0.3, 0.4) is 0 Å². The van der Waals surface area contributed by atoms with Crippen molar-refractivity contribution in [3.8, 4) is 0 Å². The Morgan fingerprint density at radius 3 is 2.69 bits per heavy atom. The largest absolute Gasteiger partial charge is 0.478 e. The molecule has 1 aromatic rings. The van der Waals surface area contributed by atoms with Gasteiger partial charge in [0.25, 0.3) is 0 Å². The molecule has 0 saturated heterocycles. The van der Waals surface area contributed by atoms with Gasteiger partial charge in [-0.1, -0.05) is 0 Å². The zero-order chi connectivity index (χ0) is 10.0. The van der Waals surface area contributed by atoms with Crippen molar-refractivity contribution in [2.24, 2.45) is 0 Å². The number of carboxylic acids is 1. The van der Waals surface area contributed by atoms with Gasteiger partial charge in [-0.05, 0) is 28.4 Å². The Kier molecular flexibility index (Phi) is 3.11. The van der Waals surface area contributed by atoms with Crippen molar-refractivity contribution in [3.63, 3.8) is 0 Å². The second-order valence-electron chi connectivity index (χ2n) is 2.68. The first-order chi connectivity index (χ1) is 6.07. The number of rotatable bonds is 3. The van der Waals surface area contributed by atoms with E-state index in [-0.39, 0.29) is 12.2 Å². The molecule has 1 heterocycles. The van der Waals surface area contributed by atoms with E-state index in [1.807, 2.05) is 0 Å². The number of hydrogen-bond donors (Lipinski definition) is 2. The molecule has 0 radical (unpaired) electrons. The van der Waals surface area contributed by atoms with Crippen LogP contribution in [0.2, 0.25) is 0 Å². The molecule has 0 unspecified atom stereocenters. The molecule has 0 amide bonds. The molecule has 0 aliphatic carbocycles. The molecule has 0 saturated carbocycles. The molecule has 2 N–H and O–H groups in total. The lowest BCUT2D eigenvalue weighted by Crippen LogP contribution is -2.00. The lowest BCUT2D eigenvalue weighted by Gasteiger charge is -2.00. The Morgan fingerprint density at radius 1 is 1.69 bits per heavy atom. The molecule has 4 nitrogen and oxygen atoms in total. The van der Waals surface area contributed by atoms with Gasteiger partial charge in [0.05, 0.1) is 16.8 Å². The SMILES string of the molecule is Cc1c(C(=O)O)cn(CCO)c1Br. The van der Waals surface area contributed by atoms with Crippen LogP contribution in [0.5, 0.6) is 0 Å². The van der Waals surface area contributed by atoms with Gasteiger partial charge in [-0.3, -0.25) is 0 Å². The summed E-state index contributed by atoms with van der Waals surface area (Å²) in [7, 11) is 0. The standard InChI is InChI=1S/C8H10BrNO3/c1-5-6(8(12)13)4-10(2-3-11)7(5)9/h4,11H,2-3H2,1H3,(H,12,13). The van der Waals surface area contributed by atoms with Crippen LogP contribution in [0.25, 0.3) is 0 Å². The van der Waals surface area contributed by atoms with Gasteiger partial charge >= 0.3 is 5.97 Å². The molecule has 1 rings (SSSR count). The van der Waals surface area contributed by atoms with Crippen molar-refractivity contribution in [3.05, 3.63) is 21.9 Å². The minimum absolute atomic E-state index is 0.00816. The van der Waals surface area contributed by atoms with Gasteiger partial charge in [0, 0.05) is 12.7 Å². The highest BCUT2D eigenvalue weighted by Crippen LogP contribution is 2.22. The van der Waals surface area contributed by atoms with E-state index in [9.17, 15) is 4.79 Å². The molecule has 0 spiro atoms. The molecule has 0 aliphatic rings. The monoisotopic (exact) mass is 247 g/mol. The summed E-state index contributed by atoms with van der Waals surface area (Å²) in [6, 6.07) is 0. The molecular weight excluding hydrogens is 238 g/mol. The van der Waals surface area contributed by atoms with Gasteiger partial charge < -0.3 is 14.8 Å². The summed E-state index contributed by atoms with van der Waals surface area (Å²) in [6.07, 6.45) is 1.51. The van der Waals surface area contributed by atoms with Crippen LogP contribution in [0.1, 0.15) is 15.9 Å². The first-order valence-corrected chi connectivity index (χ1v) is 4.56. The van der Waals surface area contributed by atoms with Crippen molar-refractivity contribution >= 4 is 21.9 Å². The van der Waals surface area contributed by atoms with E-state index in [1.54, 1.807) is 11.5 Å². The lowest BCUT2D eigenvalue weighted by atomic mass is 10.2. The summed E-state index contributed by atoms with van der Waals surface area (Å²) < 4.78 is 2.37. The smallest absolute Gasteiger partial charge is 0.337 e. The summed E-state index contributed by atoms with van der Waals surface area (Å²) in [6.45, 7) is 2.11. The highest BCUT2D eigenvalue weighted by atomic mass is 79.9. The predicted octanol–water partition coefficient (Wildman–Crippen LogP) is 1.25. The number of carboxylic acid groups (broad SMARTS) is 1. The Bertz CT molecular complexity index is 332. The Balaban J connectivity index is 3.12. The number of aromatic nitrogens is 1. The highest BCUT2D eigenvalue weighted by Gasteiger charge is 2.14. The minimum atomic E-state index is -0.949. The molecule has 0 fully saturated rings. The van der Waals surface area contributed by atoms with E-state index >= 15 is 0 Å². The zero-order valence-electron chi connectivity index (χ0n) is 7.12. The number of aliphatic hydroxyl groups is 1. The first kappa shape index (κ1) is 10.3. The number of hydrogen-bond acceptors (Lipinski definition) is 2. The molecule has 1 aromatic heterocycles. The van der Waals surface area contributed by atoms with Crippen molar-refractivity contribution < 1.29 is 15.0 Å². The maximum atomic E-state index is 10.7. The molecule has 5 heteroatoms. The molecule has 0 aliphatic heterocycles. The van der Waals surface area contributed by atoms with Gasteiger partial charge in [-0.25, -0.2) is 4.79 Å². The summed E-state index contributed by atoms with van der Waals surface area (Å²) in [5.41, 5.74) is 0.946. The number of carbonyl (C=O) groups is 1. The fourth-order valence-electron chi connectivity index (χ4n) is 1.12. The van der Waals surface area contributed by atoms with Gasteiger partial charge in [-0.2, -0.15) is 0 Å². The van der Waals surface area contributed by atoms with E-state index in [4.69, 9.17) is 10.2 Å². The number of halogens is 1. The summed E-state index contributed by atoms with van der Waals surface area (Å²) in [5.74, 6) is -0.949. The molecule has 72 valence electrons. The van der Waals surface area contributed by atoms with Crippen molar-refractivity contribution in [1.29, 1.82) is 0 Å². The molecule has 13 heavy (non-hydrogen) atoms. The van der Waals surface area contributed by atoms with E-state index in [1.165, 1.54) is 6.20 Å². The van der Waals surface area contributed by atoms with E-state index in [0.717, 1.165) is 0 Å². The third-order valence-electron chi connectivity index (χ3n) is 1.82. The quantitative estimate of drug-likeness (QED) is 0.846. The molecule has 0 aromatic carbocycles. The van der Waals surface area contributed by atoms with Crippen LogP contribution in [0.4, 0.5) is 0 Å². The zero-order valence-corrected chi connectivity index (χ0v) is 8.71. The lowest BCUT2D eigenvalue weighted by molar-refractivity contribution is 0.0696. The number of aliphatic hydroxyl groups excluding tert-OH is 1. The van der Waals surface area contributed by atoms with Crippen LogP contribution >= 0.6 is 15.9 Å². The summed E-state index contributed by atoms with van der Waals surface area (Å²) >= 11 is 3.26. The van der Waals surface area contributed by atoms with Crippen LogP contribution in [0, 0.1) is 6.92 Å². The second kappa shape index (κ2) is 3.93. The maximum absolute atomic E-state index is 10.7.